The minimum atomic E-state index is -0.400. The summed E-state index contributed by atoms with van der Waals surface area (Å²) in [5.74, 6) is 1.15. The van der Waals surface area contributed by atoms with Crippen LogP contribution < -0.4 is 5.32 Å². The molecular formula is C21H33N3O2. The monoisotopic (exact) mass is 359 g/mol. The molecule has 0 radical (unpaired) electrons. The molecule has 0 unspecified atom stereocenters. The molecule has 1 aromatic rings. The molecule has 3 heterocycles. The lowest BCUT2D eigenvalue weighted by atomic mass is 9.86. The number of carbonyl (C=O) groups excluding carboxylic acids is 1. The fourth-order valence-corrected chi connectivity index (χ4v) is 3.97. The van der Waals surface area contributed by atoms with E-state index in [2.05, 4.69) is 15.2 Å². The Labute approximate surface area is 157 Å². The average Bonchev–Trinajstić information content (AvgIpc) is 3.12. The minimum absolute atomic E-state index is 0.0226. The van der Waals surface area contributed by atoms with E-state index in [-0.39, 0.29) is 11.9 Å². The first-order valence-corrected chi connectivity index (χ1v) is 9.95. The van der Waals surface area contributed by atoms with E-state index < -0.39 is 5.41 Å². The third kappa shape index (κ3) is 5.04. The molecule has 0 aromatic carbocycles. The second-order valence-corrected chi connectivity index (χ2v) is 8.85. The largest absolute Gasteiger partial charge is 0.381 e. The van der Waals surface area contributed by atoms with Crippen LogP contribution in [0.5, 0.6) is 0 Å². The van der Waals surface area contributed by atoms with E-state index in [1.807, 2.05) is 45.2 Å². The molecule has 5 nitrogen and oxygen atoms in total. The summed E-state index contributed by atoms with van der Waals surface area (Å²) in [5.41, 5.74) is 0.573. The third-order valence-corrected chi connectivity index (χ3v) is 5.53. The van der Waals surface area contributed by atoms with Crippen LogP contribution in [0, 0.1) is 17.3 Å². The first-order chi connectivity index (χ1) is 12.4. The summed E-state index contributed by atoms with van der Waals surface area (Å²) < 4.78 is 5.54. The highest BCUT2D eigenvalue weighted by atomic mass is 16.5. The molecular weight excluding hydrogens is 326 g/mol. The summed E-state index contributed by atoms with van der Waals surface area (Å²) in [5, 5.41) is 3.30. The van der Waals surface area contributed by atoms with Gasteiger partial charge in [0.1, 0.15) is 0 Å². The van der Waals surface area contributed by atoms with E-state index in [4.69, 9.17) is 4.74 Å². The van der Waals surface area contributed by atoms with Crippen molar-refractivity contribution < 1.29 is 9.53 Å². The highest BCUT2D eigenvalue weighted by molar-refractivity contribution is 5.81. The Morgan fingerprint density at radius 1 is 1.38 bits per heavy atom. The number of aromatic nitrogens is 1. The maximum atomic E-state index is 12.7. The third-order valence-electron chi connectivity index (χ3n) is 5.53. The summed E-state index contributed by atoms with van der Waals surface area (Å²) in [7, 11) is 0. The van der Waals surface area contributed by atoms with Crippen LogP contribution in [0.1, 0.15) is 51.8 Å². The second kappa shape index (κ2) is 8.49. The molecule has 1 N–H and O–H groups in total. The summed E-state index contributed by atoms with van der Waals surface area (Å²) in [6.45, 7) is 11.0. The van der Waals surface area contributed by atoms with Gasteiger partial charge in [-0.1, -0.05) is 26.8 Å². The Hall–Kier alpha value is -1.46. The van der Waals surface area contributed by atoms with Crippen LogP contribution in [-0.2, 0) is 9.53 Å². The topological polar surface area (TPSA) is 54.5 Å². The zero-order valence-electron chi connectivity index (χ0n) is 16.4. The molecule has 1 aromatic heterocycles. The molecule has 3 atom stereocenters. The summed E-state index contributed by atoms with van der Waals surface area (Å²) in [4.78, 5) is 19.8. The van der Waals surface area contributed by atoms with E-state index in [9.17, 15) is 4.79 Å². The number of nitrogens with one attached hydrogen (secondary N) is 1. The first kappa shape index (κ1) is 19.3. The molecule has 2 aliphatic rings. The van der Waals surface area contributed by atoms with Gasteiger partial charge < -0.3 is 15.0 Å². The van der Waals surface area contributed by atoms with Crippen LogP contribution >= 0.6 is 0 Å². The maximum absolute atomic E-state index is 12.7. The summed E-state index contributed by atoms with van der Waals surface area (Å²) in [6.07, 6.45) is 5.30. The number of carbonyl (C=O) groups is 1. The van der Waals surface area contributed by atoms with Crippen molar-refractivity contribution in [2.24, 2.45) is 17.3 Å². The summed E-state index contributed by atoms with van der Waals surface area (Å²) >= 11 is 0. The van der Waals surface area contributed by atoms with Gasteiger partial charge in [-0.25, -0.2) is 0 Å². The number of piperidine rings is 1. The van der Waals surface area contributed by atoms with Crippen molar-refractivity contribution in [3.05, 3.63) is 30.1 Å². The van der Waals surface area contributed by atoms with Gasteiger partial charge in [0.2, 0.25) is 5.91 Å². The molecule has 0 bridgehead atoms. The SMILES string of the molecule is CC(C)(C)C(=O)N[C@H](c1ccccn1)[C@@H]1CCCN(C[C@@H]2CCOC2)C1. The van der Waals surface area contributed by atoms with Gasteiger partial charge in [-0.3, -0.25) is 9.78 Å². The van der Waals surface area contributed by atoms with Gasteiger partial charge in [0.15, 0.2) is 0 Å². The van der Waals surface area contributed by atoms with Crippen molar-refractivity contribution in [1.82, 2.24) is 15.2 Å². The Kier molecular flexibility index (Phi) is 6.30. The zero-order chi connectivity index (χ0) is 18.6. The van der Waals surface area contributed by atoms with Crippen molar-refractivity contribution in [3.8, 4) is 0 Å². The van der Waals surface area contributed by atoms with Gasteiger partial charge in [0.05, 0.1) is 18.3 Å². The van der Waals surface area contributed by atoms with Crippen LogP contribution in [0.4, 0.5) is 0 Å². The molecule has 2 saturated heterocycles. The van der Waals surface area contributed by atoms with Crippen molar-refractivity contribution >= 4 is 5.91 Å². The fraction of sp³-hybridized carbons (Fsp3) is 0.714. The van der Waals surface area contributed by atoms with Crippen LogP contribution in [-0.4, -0.2) is 48.6 Å². The molecule has 2 aliphatic heterocycles. The van der Waals surface area contributed by atoms with Crippen molar-refractivity contribution in [2.45, 2.75) is 46.1 Å². The lowest BCUT2D eigenvalue weighted by Gasteiger charge is -2.38. The van der Waals surface area contributed by atoms with Gasteiger partial charge in [-0.05, 0) is 49.8 Å². The first-order valence-electron chi connectivity index (χ1n) is 9.95. The van der Waals surface area contributed by atoms with E-state index in [1.54, 1.807) is 0 Å². The summed E-state index contributed by atoms with van der Waals surface area (Å²) in [6, 6.07) is 5.96. The Morgan fingerprint density at radius 3 is 2.88 bits per heavy atom. The number of hydrogen-bond donors (Lipinski definition) is 1. The Bertz CT molecular complexity index is 579. The van der Waals surface area contributed by atoms with Crippen molar-refractivity contribution in [3.63, 3.8) is 0 Å². The van der Waals surface area contributed by atoms with Gasteiger partial charge in [0.25, 0.3) is 0 Å². The van der Waals surface area contributed by atoms with Gasteiger partial charge >= 0.3 is 0 Å². The van der Waals surface area contributed by atoms with Gasteiger partial charge in [-0.15, -0.1) is 0 Å². The van der Waals surface area contributed by atoms with Crippen molar-refractivity contribution in [2.75, 3.05) is 32.8 Å². The number of ether oxygens (including phenoxy) is 1. The fourth-order valence-electron chi connectivity index (χ4n) is 3.97. The zero-order valence-corrected chi connectivity index (χ0v) is 16.4. The predicted molar refractivity (Wildman–Crippen MR) is 103 cm³/mol. The highest BCUT2D eigenvalue weighted by Crippen LogP contribution is 2.31. The molecule has 26 heavy (non-hydrogen) atoms. The number of rotatable bonds is 5. The molecule has 5 heteroatoms. The number of pyridine rings is 1. The molecule has 1 amide bonds. The van der Waals surface area contributed by atoms with Crippen LogP contribution in [0.3, 0.4) is 0 Å². The number of amides is 1. The molecule has 0 saturated carbocycles. The minimum Gasteiger partial charge on any atom is -0.381 e. The smallest absolute Gasteiger partial charge is 0.225 e. The van der Waals surface area contributed by atoms with Crippen LogP contribution in [0.15, 0.2) is 24.4 Å². The van der Waals surface area contributed by atoms with Gasteiger partial charge in [-0.2, -0.15) is 0 Å². The molecule has 3 rings (SSSR count). The van der Waals surface area contributed by atoms with E-state index in [0.29, 0.717) is 11.8 Å². The number of hydrogen-bond acceptors (Lipinski definition) is 4. The lowest BCUT2D eigenvalue weighted by Crippen LogP contribution is -2.46. The van der Waals surface area contributed by atoms with E-state index >= 15 is 0 Å². The van der Waals surface area contributed by atoms with Crippen LogP contribution in [0.25, 0.3) is 0 Å². The number of likely N-dealkylation sites (tertiary alicyclic amines) is 1. The highest BCUT2D eigenvalue weighted by Gasteiger charge is 2.33. The van der Waals surface area contributed by atoms with Crippen LogP contribution in [0.2, 0.25) is 0 Å². The molecule has 2 fully saturated rings. The standard InChI is InChI=1S/C21H33N3O2/c1-21(2,3)20(25)23-19(18-8-4-5-10-22-18)17-7-6-11-24(14-17)13-16-9-12-26-15-16/h4-5,8,10,16-17,19H,6-7,9,11-15H2,1-3H3,(H,23,25)/t16-,17+,19-/m0/s1. The molecule has 0 aliphatic carbocycles. The van der Waals surface area contributed by atoms with Crippen molar-refractivity contribution in [1.29, 1.82) is 0 Å². The Morgan fingerprint density at radius 2 is 2.23 bits per heavy atom. The normalized spacial score (nSPS) is 25.8. The maximum Gasteiger partial charge on any atom is 0.225 e. The molecule has 144 valence electrons. The molecule has 0 spiro atoms. The van der Waals surface area contributed by atoms with E-state index in [0.717, 1.165) is 45.0 Å². The number of nitrogens with zero attached hydrogens (tertiary/aromatic N) is 2. The quantitative estimate of drug-likeness (QED) is 0.878. The predicted octanol–water partition coefficient (Wildman–Crippen LogP) is 3.03. The average molecular weight is 360 g/mol. The van der Waals surface area contributed by atoms with E-state index in [1.165, 1.54) is 12.8 Å². The van der Waals surface area contributed by atoms with Gasteiger partial charge in [0, 0.05) is 31.3 Å². The lowest BCUT2D eigenvalue weighted by molar-refractivity contribution is -0.130. The second-order valence-electron chi connectivity index (χ2n) is 8.85. The Balaban J connectivity index is 1.71.